The lowest BCUT2D eigenvalue weighted by Gasteiger charge is -2.32. The quantitative estimate of drug-likeness (QED) is 0.438. The van der Waals surface area contributed by atoms with E-state index < -0.39 is 14.9 Å². The molecule has 9 nitrogen and oxygen atoms in total. The van der Waals surface area contributed by atoms with Crippen LogP contribution in [0, 0.1) is 23.0 Å². The summed E-state index contributed by atoms with van der Waals surface area (Å²) in [5.41, 5.74) is 1.49. The molecule has 1 saturated heterocycles. The lowest BCUT2D eigenvalue weighted by Crippen LogP contribution is -2.41. The fraction of sp³-hybridized carbons (Fsp3) is 0.409. The van der Waals surface area contributed by atoms with E-state index in [1.54, 1.807) is 24.3 Å². The van der Waals surface area contributed by atoms with Crippen LogP contribution >= 0.6 is 0 Å². The Morgan fingerprint density at radius 3 is 2.50 bits per heavy atom. The molecule has 3 rings (SSSR count). The summed E-state index contributed by atoms with van der Waals surface area (Å²) in [4.78, 5) is 24.9. The topological polar surface area (TPSA) is 122 Å². The Morgan fingerprint density at radius 1 is 1.16 bits per heavy atom. The van der Waals surface area contributed by atoms with E-state index in [-0.39, 0.29) is 22.4 Å². The van der Waals surface area contributed by atoms with Gasteiger partial charge in [-0.25, -0.2) is 13.1 Å². The van der Waals surface area contributed by atoms with Crippen LogP contribution in [0.25, 0.3) is 0 Å². The summed E-state index contributed by atoms with van der Waals surface area (Å²) < 4.78 is 27.7. The van der Waals surface area contributed by atoms with E-state index in [4.69, 9.17) is 0 Å². The number of non-ortho nitro benzene ring substituents is 1. The number of rotatable bonds is 9. The number of benzene rings is 2. The van der Waals surface area contributed by atoms with Crippen molar-refractivity contribution in [2.24, 2.45) is 5.92 Å². The van der Waals surface area contributed by atoms with Gasteiger partial charge in [0, 0.05) is 43.9 Å². The third-order valence-corrected chi connectivity index (χ3v) is 6.95. The van der Waals surface area contributed by atoms with Crippen molar-refractivity contribution in [3.63, 3.8) is 0 Å². The molecule has 0 bridgehead atoms. The molecule has 0 spiro atoms. The van der Waals surface area contributed by atoms with E-state index in [0.29, 0.717) is 25.2 Å². The Balaban J connectivity index is 1.43. The van der Waals surface area contributed by atoms with Crippen LogP contribution in [0.4, 0.5) is 11.4 Å². The van der Waals surface area contributed by atoms with Crippen LogP contribution in [0.1, 0.15) is 24.8 Å². The lowest BCUT2D eigenvalue weighted by atomic mass is 9.98. The van der Waals surface area contributed by atoms with Gasteiger partial charge in [0.25, 0.3) is 5.69 Å². The number of nitro groups is 1. The second-order valence-corrected chi connectivity index (χ2v) is 9.84. The van der Waals surface area contributed by atoms with Gasteiger partial charge in [-0.05, 0) is 56.5 Å². The molecule has 2 aromatic carbocycles. The van der Waals surface area contributed by atoms with Crippen LogP contribution in [0.3, 0.4) is 0 Å². The number of nitrogens with one attached hydrogen (secondary N) is 2. The maximum Gasteiger partial charge on any atom is 0.269 e. The Labute approximate surface area is 188 Å². The Kier molecular flexibility index (Phi) is 7.94. The maximum atomic E-state index is 12.5. The van der Waals surface area contributed by atoms with Crippen molar-refractivity contribution in [2.45, 2.75) is 31.1 Å². The van der Waals surface area contributed by atoms with Crippen molar-refractivity contribution in [2.75, 3.05) is 31.5 Å². The molecule has 10 heteroatoms. The highest BCUT2D eigenvalue weighted by Crippen LogP contribution is 2.18. The van der Waals surface area contributed by atoms with Gasteiger partial charge in [0.1, 0.15) is 0 Å². The number of amides is 1. The number of anilines is 1. The minimum Gasteiger partial charge on any atom is -0.326 e. The highest BCUT2D eigenvalue weighted by Gasteiger charge is 2.23. The zero-order chi connectivity index (χ0) is 23.1. The number of carbonyl (C=O) groups excluding carboxylic acids is 1. The zero-order valence-electron chi connectivity index (χ0n) is 18.0. The van der Waals surface area contributed by atoms with Crippen molar-refractivity contribution >= 4 is 27.3 Å². The van der Waals surface area contributed by atoms with Crippen molar-refractivity contribution in [3.05, 3.63) is 64.2 Å². The van der Waals surface area contributed by atoms with Gasteiger partial charge in [0.2, 0.25) is 15.9 Å². The second-order valence-electron chi connectivity index (χ2n) is 8.08. The van der Waals surface area contributed by atoms with Gasteiger partial charge < -0.3 is 10.2 Å². The largest absolute Gasteiger partial charge is 0.326 e. The van der Waals surface area contributed by atoms with Crippen LogP contribution in [0.5, 0.6) is 0 Å². The number of likely N-dealkylation sites (tertiary alicyclic amines) is 1. The summed E-state index contributed by atoms with van der Waals surface area (Å²) in [5, 5.41) is 13.4. The van der Waals surface area contributed by atoms with E-state index in [1.165, 1.54) is 24.3 Å². The van der Waals surface area contributed by atoms with Crippen molar-refractivity contribution in [3.8, 4) is 0 Å². The van der Waals surface area contributed by atoms with Crippen molar-refractivity contribution in [1.29, 1.82) is 0 Å². The maximum absolute atomic E-state index is 12.5. The van der Waals surface area contributed by atoms with Gasteiger partial charge in [0.15, 0.2) is 0 Å². The first kappa shape index (κ1) is 23.8. The van der Waals surface area contributed by atoms with Crippen LogP contribution in [-0.4, -0.2) is 50.3 Å². The summed E-state index contributed by atoms with van der Waals surface area (Å²) >= 11 is 0. The number of sulfonamides is 1. The predicted molar refractivity (Wildman–Crippen MR) is 122 cm³/mol. The van der Waals surface area contributed by atoms with E-state index in [9.17, 15) is 23.3 Å². The van der Waals surface area contributed by atoms with Crippen LogP contribution in [0.15, 0.2) is 53.4 Å². The summed E-state index contributed by atoms with van der Waals surface area (Å²) in [7, 11) is -3.54. The molecule has 32 heavy (non-hydrogen) atoms. The van der Waals surface area contributed by atoms with Crippen molar-refractivity contribution in [1.82, 2.24) is 9.62 Å². The third-order valence-electron chi connectivity index (χ3n) is 5.51. The normalized spacial score (nSPS) is 17.1. The van der Waals surface area contributed by atoms with Crippen LogP contribution in [0.2, 0.25) is 0 Å². The van der Waals surface area contributed by atoms with Gasteiger partial charge in [-0.15, -0.1) is 0 Å². The smallest absolute Gasteiger partial charge is 0.269 e. The molecule has 1 amide bonds. The monoisotopic (exact) mass is 460 g/mol. The number of carbonyl (C=O) groups is 1. The Morgan fingerprint density at radius 2 is 1.84 bits per heavy atom. The molecule has 1 aliphatic heterocycles. The molecular formula is C22H28N4O5S. The third kappa shape index (κ3) is 6.84. The Hall–Kier alpha value is -2.82. The summed E-state index contributed by atoms with van der Waals surface area (Å²) in [6.07, 6.45) is 2.17. The van der Waals surface area contributed by atoms with Crippen molar-refractivity contribution < 1.29 is 18.1 Å². The minimum absolute atomic E-state index is 0.0274. The molecule has 0 radical (unpaired) electrons. The van der Waals surface area contributed by atoms with Gasteiger partial charge in [-0.2, -0.15) is 0 Å². The second kappa shape index (κ2) is 10.7. The van der Waals surface area contributed by atoms with E-state index >= 15 is 0 Å². The van der Waals surface area contributed by atoms with Crippen LogP contribution < -0.4 is 10.0 Å². The first-order chi connectivity index (χ1) is 15.2. The van der Waals surface area contributed by atoms with Gasteiger partial charge in [-0.1, -0.05) is 17.7 Å². The lowest BCUT2D eigenvalue weighted by molar-refractivity contribution is -0.384. The molecule has 1 aliphatic rings. The Bertz CT molecular complexity index is 1040. The molecule has 0 saturated carbocycles. The summed E-state index contributed by atoms with van der Waals surface area (Å²) in [6, 6.07) is 12.5. The fourth-order valence-electron chi connectivity index (χ4n) is 3.70. The van der Waals surface area contributed by atoms with E-state index in [0.717, 1.165) is 31.5 Å². The molecular weight excluding hydrogens is 432 g/mol. The first-order valence-corrected chi connectivity index (χ1v) is 12.0. The SMILES string of the molecule is Cc1ccc(S(=O)(=O)NCC2CCCN(CCC(=O)Nc3ccc([N+](=O)[O-])cc3)C2)cc1. The number of piperidine rings is 1. The number of hydrogen-bond donors (Lipinski definition) is 2. The van der Waals surface area contributed by atoms with E-state index in [1.807, 2.05) is 6.92 Å². The predicted octanol–water partition coefficient (Wildman–Crippen LogP) is 2.92. The molecule has 0 aliphatic carbocycles. The number of aryl methyl sites for hydroxylation is 1. The van der Waals surface area contributed by atoms with Crippen LogP contribution in [-0.2, 0) is 14.8 Å². The standard InChI is InChI=1S/C22H28N4O5S/c1-17-4-10-21(11-5-17)32(30,31)23-15-18-3-2-13-25(16-18)14-12-22(27)24-19-6-8-20(9-7-19)26(28)29/h4-11,18,23H,2-3,12-16H2,1H3,(H,24,27). The molecule has 172 valence electrons. The average molecular weight is 461 g/mol. The summed E-state index contributed by atoms with van der Waals surface area (Å²) in [5.74, 6) is 0.0164. The zero-order valence-corrected chi connectivity index (χ0v) is 18.8. The molecule has 1 atom stereocenters. The number of nitrogens with zero attached hydrogens (tertiary/aromatic N) is 2. The molecule has 1 heterocycles. The molecule has 2 N–H and O–H groups in total. The highest BCUT2D eigenvalue weighted by atomic mass is 32.2. The minimum atomic E-state index is -3.54. The molecule has 1 fully saturated rings. The first-order valence-electron chi connectivity index (χ1n) is 10.6. The van der Waals surface area contributed by atoms with Gasteiger partial charge in [0.05, 0.1) is 9.82 Å². The highest BCUT2D eigenvalue weighted by molar-refractivity contribution is 7.89. The average Bonchev–Trinajstić information content (AvgIpc) is 2.77. The number of hydrogen-bond acceptors (Lipinski definition) is 6. The molecule has 2 aromatic rings. The van der Waals surface area contributed by atoms with Gasteiger partial charge in [-0.3, -0.25) is 14.9 Å². The molecule has 1 unspecified atom stereocenters. The molecule has 0 aromatic heterocycles. The van der Waals surface area contributed by atoms with Gasteiger partial charge >= 0.3 is 0 Å². The van der Waals surface area contributed by atoms with E-state index in [2.05, 4.69) is 14.9 Å². The number of nitro benzene ring substituents is 1. The fourth-order valence-corrected chi connectivity index (χ4v) is 4.82. The summed E-state index contributed by atoms with van der Waals surface area (Å²) in [6.45, 7) is 4.43.